The second kappa shape index (κ2) is 12.4. The number of ether oxygens (including phenoxy) is 1. The first-order chi connectivity index (χ1) is 20.5. The molecule has 43 heavy (non-hydrogen) atoms. The summed E-state index contributed by atoms with van der Waals surface area (Å²) in [6.07, 6.45) is 2.21. The molecule has 5 rings (SSSR count). The summed E-state index contributed by atoms with van der Waals surface area (Å²) in [5, 5.41) is 1.78. The van der Waals surface area contributed by atoms with Gasteiger partial charge in [0.05, 0.1) is 30.1 Å². The molecule has 4 aromatic rings. The molecular formula is C34H37F2N3O3Si. The van der Waals surface area contributed by atoms with Gasteiger partial charge in [-0.25, -0.2) is 18.7 Å². The number of nitrogens with zero attached hydrogens (tertiary/aromatic N) is 3. The van der Waals surface area contributed by atoms with Gasteiger partial charge < -0.3 is 14.1 Å². The molecule has 1 aliphatic rings. The fraction of sp³-hybridized carbons (Fsp3) is 0.324. The molecule has 0 radical (unpaired) electrons. The van der Waals surface area contributed by atoms with E-state index >= 15 is 8.78 Å². The molecule has 0 spiro atoms. The highest BCUT2D eigenvalue weighted by Crippen LogP contribution is 2.39. The van der Waals surface area contributed by atoms with E-state index in [2.05, 4.69) is 55.0 Å². The second-order valence-corrected chi connectivity index (χ2v) is 16.4. The van der Waals surface area contributed by atoms with Gasteiger partial charge in [0.15, 0.2) is 11.6 Å². The number of hydrogen-bond donors (Lipinski definition) is 0. The summed E-state index contributed by atoms with van der Waals surface area (Å²) in [6.45, 7) is 11.0. The highest BCUT2D eigenvalue weighted by molar-refractivity contribution is 6.99. The third-order valence-corrected chi connectivity index (χ3v) is 12.9. The Balaban J connectivity index is 1.68. The Kier molecular flexibility index (Phi) is 8.87. The van der Waals surface area contributed by atoms with Gasteiger partial charge in [-0.1, -0.05) is 81.4 Å². The van der Waals surface area contributed by atoms with E-state index in [9.17, 15) is 4.79 Å². The molecule has 3 aromatic carbocycles. The Morgan fingerprint density at radius 1 is 0.953 bits per heavy atom. The minimum atomic E-state index is -3.04. The molecule has 0 amide bonds. The topological polar surface area (TPSA) is 64.5 Å². The van der Waals surface area contributed by atoms with Crippen molar-refractivity contribution in [2.45, 2.75) is 58.5 Å². The minimum Gasteiger partial charge on any atom is -0.403 e. The van der Waals surface area contributed by atoms with Crippen molar-refractivity contribution in [3.8, 4) is 0 Å². The molecule has 1 aliphatic heterocycles. The maximum absolute atomic E-state index is 16.3. The van der Waals surface area contributed by atoms with E-state index in [1.807, 2.05) is 50.2 Å². The molecule has 2 atom stereocenters. The van der Waals surface area contributed by atoms with Crippen LogP contribution < -0.4 is 15.3 Å². The maximum Gasteiger partial charge on any atom is 0.261 e. The lowest BCUT2D eigenvalue weighted by Crippen LogP contribution is -2.66. The van der Waals surface area contributed by atoms with Gasteiger partial charge in [0.1, 0.15) is 12.0 Å². The zero-order valence-corrected chi connectivity index (χ0v) is 26.2. The third-order valence-electron chi connectivity index (χ3n) is 7.92. The maximum atomic E-state index is 16.3. The van der Waals surface area contributed by atoms with Crippen molar-refractivity contribution >= 4 is 30.2 Å². The molecule has 2 heterocycles. The molecule has 0 saturated carbocycles. The summed E-state index contributed by atoms with van der Waals surface area (Å²) < 4.78 is 45.1. The van der Waals surface area contributed by atoms with Crippen molar-refractivity contribution in [3.05, 3.63) is 114 Å². The predicted molar refractivity (Wildman–Crippen MR) is 166 cm³/mol. The van der Waals surface area contributed by atoms with Crippen molar-refractivity contribution < 1.29 is 22.7 Å². The standard InChI is InChI=1S/C34H37F2N3O3Si/c1-23-19-39(20-24(2)42-23)32-25(18-28(30(35)31(32)36)33(40)29-16-17-37-22-38-29)21-41-43(34(3,4)5,26-12-8-6-9-13-26)27-14-10-7-11-15-27/h6-18,22-24H,19-21H2,1-5H3. The van der Waals surface area contributed by atoms with E-state index in [1.165, 1.54) is 24.7 Å². The fourth-order valence-corrected chi connectivity index (χ4v) is 10.7. The first-order valence-electron chi connectivity index (χ1n) is 14.5. The van der Waals surface area contributed by atoms with Crippen LogP contribution in [-0.4, -0.2) is 49.4 Å². The van der Waals surface area contributed by atoms with E-state index in [0.29, 0.717) is 18.7 Å². The number of aromatic nitrogens is 2. The van der Waals surface area contributed by atoms with Gasteiger partial charge in [0, 0.05) is 24.8 Å². The quantitative estimate of drug-likeness (QED) is 0.191. The van der Waals surface area contributed by atoms with Crippen LogP contribution in [0.25, 0.3) is 0 Å². The third kappa shape index (κ3) is 6.02. The molecule has 1 saturated heterocycles. The summed E-state index contributed by atoms with van der Waals surface area (Å²) in [4.78, 5) is 23.0. The number of ketones is 1. The molecule has 1 aromatic heterocycles. The summed E-state index contributed by atoms with van der Waals surface area (Å²) in [6, 6.07) is 23.0. The summed E-state index contributed by atoms with van der Waals surface area (Å²) in [5.41, 5.74) is 0.0751. The number of anilines is 1. The van der Waals surface area contributed by atoms with Crippen molar-refractivity contribution in [3.63, 3.8) is 0 Å². The summed E-state index contributed by atoms with van der Waals surface area (Å²) in [5.74, 6) is -3.01. The van der Waals surface area contributed by atoms with Crippen LogP contribution in [0.4, 0.5) is 14.5 Å². The van der Waals surface area contributed by atoms with E-state index in [-0.39, 0.29) is 35.2 Å². The Morgan fingerprint density at radius 3 is 2.05 bits per heavy atom. The average molecular weight is 602 g/mol. The molecule has 0 bridgehead atoms. The Morgan fingerprint density at radius 2 is 1.53 bits per heavy atom. The lowest BCUT2D eigenvalue weighted by molar-refractivity contribution is -0.00553. The van der Waals surface area contributed by atoms with Crippen LogP contribution >= 0.6 is 0 Å². The number of benzene rings is 3. The lowest BCUT2D eigenvalue weighted by Gasteiger charge is -2.43. The number of carbonyl (C=O) groups is 1. The smallest absolute Gasteiger partial charge is 0.261 e. The van der Waals surface area contributed by atoms with Gasteiger partial charge in [-0.2, -0.15) is 0 Å². The zero-order valence-electron chi connectivity index (χ0n) is 25.2. The summed E-state index contributed by atoms with van der Waals surface area (Å²) >= 11 is 0. The van der Waals surface area contributed by atoms with Crippen LogP contribution in [0.1, 0.15) is 56.2 Å². The fourth-order valence-electron chi connectivity index (χ4n) is 6.16. The Labute approximate surface area is 252 Å². The number of morpholine rings is 1. The first kappa shape index (κ1) is 30.7. The van der Waals surface area contributed by atoms with Gasteiger partial charge >= 0.3 is 0 Å². The summed E-state index contributed by atoms with van der Waals surface area (Å²) in [7, 11) is -3.04. The number of rotatable bonds is 8. The van der Waals surface area contributed by atoms with E-state index in [0.717, 1.165) is 10.4 Å². The van der Waals surface area contributed by atoms with Crippen molar-refractivity contribution in [1.82, 2.24) is 9.97 Å². The second-order valence-electron chi connectivity index (χ2n) is 12.1. The first-order valence-corrected chi connectivity index (χ1v) is 16.4. The van der Waals surface area contributed by atoms with Crippen LogP contribution in [0.5, 0.6) is 0 Å². The molecule has 224 valence electrons. The van der Waals surface area contributed by atoms with Crippen molar-refractivity contribution in [2.24, 2.45) is 0 Å². The minimum absolute atomic E-state index is 0.0199. The van der Waals surface area contributed by atoms with Crippen LogP contribution in [0.2, 0.25) is 5.04 Å². The molecule has 1 fully saturated rings. The largest absolute Gasteiger partial charge is 0.403 e. The van der Waals surface area contributed by atoms with Gasteiger partial charge in [0.25, 0.3) is 8.32 Å². The lowest BCUT2D eigenvalue weighted by atomic mass is 10.0. The molecule has 0 N–H and O–H groups in total. The molecule has 6 nitrogen and oxygen atoms in total. The van der Waals surface area contributed by atoms with E-state index in [1.54, 1.807) is 4.90 Å². The number of halogens is 2. The van der Waals surface area contributed by atoms with Gasteiger partial charge in [-0.15, -0.1) is 0 Å². The Bertz CT molecular complexity index is 1520. The van der Waals surface area contributed by atoms with Gasteiger partial charge in [0.2, 0.25) is 5.78 Å². The van der Waals surface area contributed by atoms with Crippen LogP contribution in [-0.2, 0) is 15.8 Å². The van der Waals surface area contributed by atoms with Crippen molar-refractivity contribution in [2.75, 3.05) is 18.0 Å². The SMILES string of the molecule is CC1CN(c2c(CO[Si](c3ccccc3)(c3ccccc3)C(C)(C)C)cc(C(=O)c3ccncn3)c(F)c2F)CC(C)O1. The van der Waals surface area contributed by atoms with Crippen LogP contribution in [0.15, 0.2) is 85.3 Å². The van der Waals surface area contributed by atoms with E-state index < -0.39 is 31.3 Å². The molecule has 9 heteroatoms. The van der Waals surface area contributed by atoms with Crippen LogP contribution in [0.3, 0.4) is 0 Å². The van der Waals surface area contributed by atoms with E-state index in [4.69, 9.17) is 9.16 Å². The highest BCUT2D eigenvalue weighted by atomic mass is 28.4. The highest BCUT2D eigenvalue weighted by Gasteiger charge is 2.50. The number of hydrogen-bond acceptors (Lipinski definition) is 6. The van der Waals surface area contributed by atoms with Crippen molar-refractivity contribution in [1.29, 1.82) is 0 Å². The normalized spacial score (nSPS) is 17.6. The molecule has 0 aliphatic carbocycles. The zero-order chi connectivity index (χ0) is 30.8. The molecular weight excluding hydrogens is 564 g/mol. The average Bonchev–Trinajstić information content (AvgIpc) is 2.99. The predicted octanol–water partition coefficient (Wildman–Crippen LogP) is 5.68. The van der Waals surface area contributed by atoms with Gasteiger partial charge in [-0.05, 0) is 41.4 Å². The van der Waals surface area contributed by atoms with Crippen LogP contribution in [0, 0.1) is 11.6 Å². The number of carbonyl (C=O) groups excluding carboxylic acids is 1. The molecule has 2 unspecified atom stereocenters. The van der Waals surface area contributed by atoms with Gasteiger partial charge in [-0.3, -0.25) is 4.79 Å². The Hall–Kier alpha value is -3.79. The monoisotopic (exact) mass is 601 g/mol.